The van der Waals surface area contributed by atoms with Crippen LogP contribution < -0.4 is 16.4 Å². The SMILES string of the molecule is CNC(=O)C(Nc1n[nH]c(=S)s1)C(N)(C=O)O[Si](C)(C)C(C)(C)C. The number of aldehydes is 1. The number of nitrogens with two attached hydrogens (primary N) is 1. The van der Waals surface area contributed by atoms with Gasteiger partial charge in [0.05, 0.1) is 0 Å². The molecule has 0 aliphatic heterocycles. The van der Waals surface area contributed by atoms with Gasteiger partial charge in [0, 0.05) is 7.05 Å². The van der Waals surface area contributed by atoms with Gasteiger partial charge < -0.3 is 15.1 Å². The van der Waals surface area contributed by atoms with Crippen LogP contribution in [0.15, 0.2) is 0 Å². The van der Waals surface area contributed by atoms with Gasteiger partial charge in [-0.1, -0.05) is 32.1 Å². The van der Waals surface area contributed by atoms with Crippen molar-refractivity contribution < 1.29 is 14.0 Å². The molecule has 0 fully saturated rings. The third-order valence-electron chi connectivity index (χ3n) is 4.09. The smallest absolute Gasteiger partial charge is 0.247 e. The second-order valence-electron chi connectivity index (χ2n) is 6.94. The van der Waals surface area contributed by atoms with Gasteiger partial charge in [0.25, 0.3) is 0 Å². The van der Waals surface area contributed by atoms with Crippen LogP contribution in [0.5, 0.6) is 0 Å². The van der Waals surface area contributed by atoms with E-state index >= 15 is 0 Å². The number of anilines is 1. The minimum Gasteiger partial charge on any atom is -0.392 e. The van der Waals surface area contributed by atoms with Gasteiger partial charge in [-0.25, -0.2) is 0 Å². The van der Waals surface area contributed by atoms with Gasteiger partial charge in [-0.05, 0) is 30.4 Å². The van der Waals surface area contributed by atoms with Crippen LogP contribution in [0.25, 0.3) is 0 Å². The van der Waals surface area contributed by atoms with E-state index in [4.69, 9.17) is 22.4 Å². The third kappa shape index (κ3) is 4.69. The summed E-state index contributed by atoms with van der Waals surface area (Å²) in [5.74, 6) is -0.482. The van der Waals surface area contributed by atoms with Crippen LogP contribution in [0.4, 0.5) is 5.13 Å². The van der Waals surface area contributed by atoms with Crippen LogP contribution in [0, 0.1) is 3.95 Å². The van der Waals surface area contributed by atoms with Crippen molar-refractivity contribution in [3.63, 3.8) is 0 Å². The number of likely N-dealkylation sites (N-methyl/N-ethyl adjacent to an activating group) is 1. The van der Waals surface area contributed by atoms with E-state index in [1.54, 1.807) is 0 Å². The van der Waals surface area contributed by atoms with Gasteiger partial charge in [0.1, 0.15) is 0 Å². The summed E-state index contributed by atoms with van der Waals surface area (Å²) in [4.78, 5) is 24.1. The maximum atomic E-state index is 12.3. The van der Waals surface area contributed by atoms with E-state index in [-0.39, 0.29) is 5.04 Å². The number of carbonyl (C=O) groups excluding carboxylic acids is 2. The Morgan fingerprint density at radius 1 is 1.50 bits per heavy atom. The molecule has 11 heteroatoms. The molecule has 2 unspecified atom stereocenters. The number of carbonyl (C=O) groups is 2. The van der Waals surface area contributed by atoms with Crippen molar-refractivity contribution in [1.29, 1.82) is 0 Å². The fraction of sp³-hybridized carbons (Fsp3) is 0.692. The van der Waals surface area contributed by atoms with E-state index in [1.165, 1.54) is 7.05 Å². The quantitative estimate of drug-likeness (QED) is 0.241. The predicted octanol–water partition coefficient (Wildman–Crippen LogP) is 1.60. The molecule has 5 N–H and O–H groups in total. The summed E-state index contributed by atoms with van der Waals surface area (Å²) in [6.45, 7) is 9.97. The maximum absolute atomic E-state index is 12.3. The van der Waals surface area contributed by atoms with Crippen LogP contribution >= 0.6 is 23.6 Å². The number of hydrogen-bond acceptors (Lipinski definition) is 8. The number of nitrogens with one attached hydrogen (secondary N) is 3. The summed E-state index contributed by atoms with van der Waals surface area (Å²) in [6, 6.07) is -1.15. The largest absolute Gasteiger partial charge is 0.392 e. The highest BCUT2D eigenvalue weighted by molar-refractivity contribution is 7.73. The van der Waals surface area contributed by atoms with Gasteiger partial charge in [0.15, 0.2) is 30.3 Å². The van der Waals surface area contributed by atoms with Gasteiger partial charge in [0.2, 0.25) is 11.0 Å². The second-order valence-corrected chi connectivity index (χ2v) is 13.3. The lowest BCUT2D eigenvalue weighted by atomic mass is 10.1. The van der Waals surface area contributed by atoms with Gasteiger partial charge >= 0.3 is 0 Å². The Labute approximate surface area is 151 Å². The molecule has 0 radical (unpaired) electrons. The van der Waals surface area contributed by atoms with Crippen LogP contribution in [-0.2, 0) is 14.0 Å². The molecule has 1 aromatic rings. The molecule has 1 aromatic heterocycles. The Hall–Kier alpha value is -1.14. The molecule has 1 rings (SSSR count). The van der Waals surface area contributed by atoms with Crippen LogP contribution in [0.3, 0.4) is 0 Å². The van der Waals surface area contributed by atoms with Crippen molar-refractivity contribution >= 4 is 49.2 Å². The van der Waals surface area contributed by atoms with Crippen molar-refractivity contribution in [2.45, 2.75) is 50.7 Å². The van der Waals surface area contributed by atoms with E-state index in [0.29, 0.717) is 15.4 Å². The van der Waals surface area contributed by atoms with Crippen molar-refractivity contribution in [2.24, 2.45) is 5.73 Å². The number of hydrogen-bond donors (Lipinski definition) is 4. The fourth-order valence-corrected chi connectivity index (χ4v) is 3.86. The molecule has 1 amide bonds. The summed E-state index contributed by atoms with van der Waals surface area (Å²) in [6.07, 6.45) is 0.465. The summed E-state index contributed by atoms with van der Waals surface area (Å²) in [5, 5.41) is 12.1. The average molecular weight is 392 g/mol. The molecular weight excluding hydrogens is 366 g/mol. The first kappa shape index (κ1) is 20.9. The van der Waals surface area contributed by atoms with Crippen molar-refractivity contribution in [3.05, 3.63) is 3.95 Å². The monoisotopic (exact) mass is 391 g/mol. The number of nitrogens with zero attached hydrogens (tertiary/aromatic N) is 1. The Balaban J connectivity index is 3.22. The van der Waals surface area contributed by atoms with Crippen LogP contribution in [-0.4, -0.2) is 49.5 Å². The summed E-state index contributed by atoms with van der Waals surface area (Å²) >= 11 is 6.11. The first-order chi connectivity index (χ1) is 10.9. The Kier molecular flexibility index (Phi) is 6.44. The predicted molar refractivity (Wildman–Crippen MR) is 100 cm³/mol. The molecule has 0 spiro atoms. The minimum absolute atomic E-state index is 0.184. The topological polar surface area (TPSA) is 122 Å². The maximum Gasteiger partial charge on any atom is 0.247 e. The van der Waals surface area contributed by atoms with Gasteiger partial charge in [-0.15, -0.1) is 5.10 Å². The first-order valence-electron chi connectivity index (χ1n) is 7.35. The molecule has 2 atom stereocenters. The van der Waals surface area contributed by atoms with Crippen molar-refractivity contribution in [3.8, 4) is 0 Å². The Morgan fingerprint density at radius 2 is 2.08 bits per heavy atom. The van der Waals surface area contributed by atoms with Crippen LogP contribution in [0.2, 0.25) is 18.1 Å². The number of rotatable bonds is 7. The van der Waals surface area contributed by atoms with Gasteiger partial charge in [-0.2, -0.15) is 0 Å². The zero-order chi connectivity index (χ0) is 18.8. The van der Waals surface area contributed by atoms with Crippen LogP contribution in [0.1, 0.15) is 20.8 Å². The molecule has 0 saturated heterocycles. The molecule has 24 heavy (non-hydrogen) atoms. The molecule has 1 heterocycles. The Morgan fingerprint density at radius 3 is 2.46 bits per heavy atom. The van der Waals surface area contributed by atoms with Crippen molar-refractivity contribution in [2.75, 3.05) is 12.4 Å². The number of aromatic nitrogens is 2. The zero-order valence-electron chi connectivity index (χ0n) is 14.7. The summed E-state index contributed by atoms with van der Waals surface area (Å²) in [5.41, 5.74) is 4.38. The third-order valence-corrected chi connectivity index (χ3v) is 9.58. The fourth-order valence-electron chi connectivity index (χ4n) is 1.69. The lowest BCUT2D eigenvalue weighted by Gasteiger charge is -2.43. The van der Waals surface area contributed by atoms with E-state index in [1.807, 2.05) is 33.9 Å². The molecule has 0 aliphatic rings. The van der Waals surface area contributed by atoms with E-state index in [2.05, 4.69) is 20.8 Å². The van der Waals surface area contributed by atoms with E-state index in [9.17, 15) is 9.59 Å². The average Bonchev–Trinajstić information content (AvgIpc) is 2.87. The molecule has 0 saturated carbocycles. The van der Waals surface area contributed by atoms with Crippen molar-refractivity contribution in [1.82, 2.24) is 15.5 Å². The van der Waals surface area contributed by atoms with E-state index in [0.717, 1.165) is 11.3 Å². The van der Waals surface area contributed by atoms with E-state index < -0.39 is 26.0 Å². The highest BCUT2D eigenvalue weighted by Crippen LogP contribution is 2.38. The number of aromatic amines is 1. The highest BCUT2D eigenvalue weighted by Gasteiger charge is 2.49. The number of H-pyrrole nitrogens is 1. The standard InChI is InChI=1S/C13H25N5O3S2Si/c1-12(2,3)24(5,6)21-13(14,7-19)8(9(20)15-4)16-10-17-18-11(22)23-10/h7-8H,14H2,1-6H3,(H,15,20)(H,16,17)(H,18,22). The first-order valence-corrected chi connectivity index (χ1v) is 11.5. The molecule has 136 valence electrons. The minimum atomic E-state index is -2.42. The second kappa shape index (κ2) is 7.40. The normalized spacial score (nSPS) is 16.1. The summed E-state index contributed by atoms with van der Waals surface area (Å²) in [7, 11) is -0.957. The molecule has 8 nitrogen and oxygen atoms in total. The number of amides is 1. The lowest BCUT2D eigenvalue weighted by Crippen LogP contribution is -2.67. The highest BCUT2D eigenvalue weighted by atomic mass is 32.1. The molecular formula is C13H25N5O3S2Si. The summed E-state index contributed by atoms with van der Waals surface area (Å²) < 4.78 is 6.51. The zero-order valence-corrected chi connectivity index (χ0v) is 17.4. The lowest BCUT2D eigenvalue weighted by molar-refractivity contribution is -0.134. The van der Waals surface area contributed by atoms with Gasteiger partial charge in [-0.3, -0.25) is 20.4 Å². The Bertz CT molecular complexity index is 655. The molecule has 0 aliphatic carbocycles. The molecule has 0 aromatic carbocycles. The molecule has 0 bridgehead atoms.